The van der Waals surface area contributed by atoms with Crippen molar-refractivity contribution >= 4 is 34.1 Å². The highest BCUT2D eigenvalue weighted by Gasteiger charge is 2.16. The van der Waals surface area contributed by atoms with Gasteiger partial charge in [-0.25, -0.2) is 0 Å². The lowest BCUT2D eigenvalue weighted by Crippen LogP contribution is -2.35. The molecule has 0 spiro atoms. The van der Waals surface area contributed by atoms with Crippen molar-refractivity contribution in [1.29, 1.82) is 0 Å². The molecule has 5 rings (SSSR count). The second-order valence-electron chi connectivity index (χ2n) is 7.49. The first kappa shape index (κ1) is 21.6. The van der Waals surface area contributed by atoms with Gasteiger partial charge in [0.15, 0.2) is 11.5 Å². The van der Waals surface area contributed by atoms with E-state index in [1.165, 1.54) is 0 Å². The van der Waals surface area contributed by atoms with Gasteiger partial charge in [-0.1, -0.05) is 29.4 Å². The van der Waals surface area contributed by atoms with Crippen molar-refractivity contribution in [3.63, 3.8) is 0 Å². The van der Waals surface area contributed by atoms with E-state index in [9.17, 15) is 9.59 Å². The van der Waals surface area contributed by atoms with Crippen molar-refractivity contribution in [2.24, 2.45) is 0 Å². The molecule has 172 valence electrons. The van der Waals surface area contributed by atoms with Gasteiger partial charge in [-0.05, 0) is 35.0 Å². The van der Waals surface area contributed by atoms with Crippen LogP contribution in [0.2, 0.25) is 0 Å². The number of thiophene rings is 1. The van der Waals surface area contributed by atoms with Crippen LogP contribution in [0, 0.1) is 0 Å². The second kappa shape index (κ2) is 9.71. The molecule has 0 saturated carbocycles. The summed E-state index contributed by atoms with van der Waals surface area (Å²) in [6.45, 7) is 1.11. The maximum absolute atomic E-state index is 12.3. The van der Waals surface area contributed by atoms with Crippen molar-refractivity contribution in [2.45, 2.75) is 13.0 Å². The highest BCUT2D eigenvalue weighted by Crippen LogP contribution is 2.22. The standard InChI is InChI=1S/C23H21N7O3S/c31-21(17-14-16(27-28-17)19-6-3-13-34-19)24-9-10-25-22(32)23-26-20(29-33-23)8-12-30-11-7-15-4-1-2-5-18(15)30/h1-7,11,13-14H,8-10,12H2,(H,24,31)(H,25,32)(H,27,28). The monoisotopic (exact) mass is 475 g/mol. The summed E-state index contributed by atoms with van der Waals surface area (Å²) in [6, 6.07) is 15.7. The quantitative estimate of drug-likeness (QED) is 0.281. The van der Waals surface area contributed by atoms with Gasteiger partial charge >= 0.3 is 11.8 Å². The minimum Gasteiger partial charge on any atom is -0.349 e. The van der Waals surface area contributed by atoms with Gasteiger partial charge in [0, 0.05) is 37.8 Å². The molecule has 0 saturated heterocycles. The number of aromatic amines is 1. The molecule has 0 unspecified atom stereocenters. The summed E-state index contributed by atoms with van der Waals surface area (Å²) in [5.41, 5.74) is 2.20. The maximum atomic E-state index is 12.3. The van der Waals surface area contributed by atoms with Crippen LogP contribution in [-0.2, 0) is 13.0 Å². The summed E-state index contributed by atoms with van der Waals surface area (Å²) in [4.78, 5) is 29.7. The minimum atomic E-state index is -0.487. The molecule has 10 nitrogen and oxygen atoms in total. The number of carbonyl (C=O) groups excluding carboxylic acids is 2. The normalized spacial score (nSPS) is 11.1. The Morgan fingerprint density at radius 2 is 1.91 bits per heavy atom. The van der Waals surface area contributed by atoms with Crippen LogP contribution in [0.3, 0.4) is 0 Å². The molecule has 34 heavy (non-hydrogen) atoms. The molecule has 0 bridgehead atoms. The zero-order chi connectivity index (χ0) is 23.3. The SMILES string of the molecule is O=C(NCCNC(=O)c1nc(CCn2ccc3ccccc32)no1)c1cc(-c2cccs2)[nH]n1. The molecule has 3 N–H and O–H groups in total. The highest BCUT2D eigenvalue weighted by molar-refractivity contribution is 7.13. The summed E-state index contributed by atoms with van der Waals surface area (Å²) in [7, 11) is 0. The first-order valence-corrected chi connectivity index (χ1v) is 11.6. The third-order valence-electron chi connectivity index (χ3n) is 5.21. The van der Waals surface area contributed by atoms with E-state index >= 15 is 0 Å². The Balaban J connectivity index is 1.07. The van der Waals surface area contributed by atoms with Crippen LogP contribution in [0.25, 0.3) is 21.5 Å². The van der Waals surface area contributed by atoms with Crippen LogP contribution in [0.15, 0.2) is 64.6 Å². The van der Waals surface area contributed by atoms with Crippen molar-refractivity contribution < 1.29 is 14.1 Å². The van der Waals surface area contributed by atoms with Crippen molar-refractivity contribution in [3.05, 3.63) is 77.5 Å². The Kier molecular flexibility index (Phi) is 6.17. The summed E-state index contributed by atoms with van der Waals surface area (Å²) >= 11 is 1.56. The molecule has 0 fully saturated rings. The summed E-state index contributed by atoms with van der Waals surface area (Å²) in [5, 5.41) is 19.3. The van der Waals surface area contributed by atoms with Crippen molar-refractivity contribution in [1.82, 2.24) is 35.5 Å². The number of H-pyrrole nitrogens is 1. The van der Waals surface area contributed by atoms with E-state index in [-0.39, 0.29) is 30.6 Å². The lowest BCUT2D eigenvalue weighted by atomic mass is 10.2. The van der Waals surface area contributed by atoms with Gasteiger partial charge in [-0.3, -0.25) is 14.7 Å². The predicted octanol–water partition coefficient (Wildman–Crippen LogP) is 2.88. The fourth-order valence-corrected chi connectivity index (χ4v) is 4.21. The van der Waals surface area contributed by atoms with Gasteiger partial charge in [-0.15, -0.1) is 11.3 Å². The Bertz CT molecular complexity index is 1420. The number of para-hydroxylation sites is 1. The van der Waals surface area contributed by atoms with Crippen LogP contribution in [0.5, 0.6) is 0 Å². The van der Waals surface area contributed by atoms with Gasteiger partial charge in [-0.2, -0.15) is 10.1 Å². The van der Waals surface area contributed by atoms with Crippen LogP contribution >= 0.6 is 11.3 Å². The number of nitrogens with one attached hydrogen (secondary N) is 3. The van der Waals surface area contributed by atoms with Crippen molar-refractivity contribution in [2.75, 3.05) is 13.1 Å². The number of nitrogens with zero attached hydrogens (tertiary/aromatic N) is 4. The number of aryl methyl sites for hydroxylation is 2. The molecular weight excluding hydrogens is 454 g/mol. The van der Waals surface area contributed by atoms with E-state index in [1.807, 2.05) is 35.8 Å². The van der Waals surface area contributed by atoms with Crippen LogP contribution in [0.4, 0.5) is 0 Å². The zero-order valence-corrected chi connectivity index (χ0v) is 18.8. The Labute approximate surface area is 198 Å². The van der Waals surface area contributed by atoms with Gasteiger partial charge < -0.3 is 19.7 Å². The molecule has 0 atom stereocenters. The number of amides is 2. The Hall–Kier alpha value is -4.25. The van der Waals surface area contributed by atoms with E-state index in [1.54, 1.807) is 17.4 Å². The summed E-state index contributed by atoms with van der Waals surface area (Å²) in [6.07, 6.45) is 2.54. The Morgan fingerprint density at radius 1 is 1.06 bits per heavy atom. The number of benzene rings is 1. The molecule has 0 aliphatic carbocycles. The largest absolute Gasteiger partial charge is 0.349 e. The zero-order valence-electron chi connectivity index (χ0n) is 18.0. The van der Waals surface area contributed by atoms with Crippen molar-refractivity contribution in [3.8, 4) is 10.6 Å². The van der Waals surface area contributed by atoms with Gasteiger partial charge in [0.05, 0.1) is 10.6 Å². The van der Waals surface area contributed by atoms with E-state index < -0.39 is 5.91 Å². The third kappa shape index (κ3) is 4.74. The van der Waals surface area contributed by atoms with E-state index in [4.69, 9.17) is 4.52 Å². The number of hydrogen-bond acceptors (Lipinski definition) is 7. The van der Waals surface area contributed by atoms with Gasteiger partial charge in [0.2, 0.25) is 0 Å². The molecule has 11 heteroatoms. The molecule has 1 aromatic carbocycles. The molecule has 4 heterocycles. The molecular formula is C23H21N7O3S. The number of carbonyl (C=O) groups is 2. The number of fused-ring (bicyclic) bond motifs is 1. The van der Waals surface area contributed by atoms with Crippen LogP contribution in [-0.4, -0.2) is 49.8 Å². The van der Waals surface area contributed by atoms with E-state index in [0.717, 1.165) is 21.5 Å². The fraction of sp³-hybridized carbons (Fsp3) is 0.174. The molecule has 2 amide bonds. The molecule has 0 aliphatic heterocycles. The fourth-order valence-electron chi connectivity index (χ4n) is 3.52. The maximum Gasteiger partial charge on any atom is 0.315 e. The minimum absolute atomic E-state index is 0.105. The lowest BCUT2D eigenvalue weighted by molar-refractivity contribution is 0.0897. The summed E-state index contributed by atoms with van der Waals surface area (Å²) < 4.78 is 7.19. The topological polar surface area (TPSA) is 131 Å². The molecule has 5 aromatic rings. The van der Waals surface area contributed by atoms with Crippen LogP contribution in [0.1, 0.15) is 27.0 Å². The van der Waals surface area contributed by atoms with Gasteiger partial charge in [0.25, 0.3) is 5.91 Å². The average Bonchev–Trinajstić information content (AvgIpc) is 3.66. The number of hydrogen-bond donors (Lipinski definition) is 3. The molecule has 0 radical (unpaired) electrons. The molecule has 4 aromatic heterocycles. The average molecular weight is 476 g/mol. The molecule has 0 aliphatic rings. The van der Waals surface area contributed by atoms with Gasteiger partial charge in [0.1, 0.15) is 0 Å². The predicted molar refractivity (Wildman–Crippen MR) is 127 cm³/mol. The number of rotatable bonds is 9. The first-order valence-electron chi connectivity index (χ1n) is 10.7. The first-order chi connectivity index (χ1) is 16.7. The van der Waals surface area contributed by atoms with E-state index in [2.05, 4.69) is 53.7 Å². The highest BCUT2D eigenvalue weighted by atomic mass is 32.1. The number of aromatic nitrogens is 5. The Morgan fingerprint density at radius 3 is 2.76 bits per heavy atom. The van der Waals surface area contributed by atoms with E-state index in [0.29, 0.717) is 18.8 Å². The lowest BCUT2D eigenvalue weighted by Gasteiger charge is -2.03. The van der Waals surface area contributed by atoms with Crippen LogP contribution < -0.4 is 10.6 Å². The summed E-state index contributed by atoms with van der Waals surface area (Å²) in [5.74, 6) is -0.465. The third-order valence-corrected chi connectivity index (χ3v) is 6.12. The smallest absolute Gasteiger partial charge is 0.315 e. The second-order valence-corrected chi connectivity index (χ2v) is 8.44.